The van der Waals surface area contributed by atoms with Crippen molar-refractivity contribution in [2.45, 2.75) is 42.6 Å². The number of nitrogens with one attached hydrogen (secondary N) is 2. The van der Waals surface area contributed by atoms with Crippen molar-refractivity contribution in [3.05, 3.63) is 166 Å². The fourth-order valence-corrected chi connectivity index (χ4v) is 8.23. The van der Waals surface area contributed by atoms with Crippen LogP contribution < -0.4 is 10.6 Å². The molecule has 1 aromatic heterocycles. The second kappa shape index (κ2) is 16.8. The van der Waals surface area contributed by atoms with E-state index in [0.717, 1.165) is 21.6 Å². The molecule has 304 valence electrons. The number of nitrogens with zero attached hydrogens (tertiary/aromatic N) is 3. The lowest BCUT2D eigenvalue weighted by molar-refractivity contribution is -0.158. The third-order valence-corrected chi connectivity index (χ3v) is 11.4. The largest absolute Gasteiger partial charge is 0.534 e. The van der Waals surface area contributed by atoms with E-state index >= 15 is 0 Å². The molecule has 2 aliphatic heterocycles. The molecule has 1 fully saturated rings. The second-order valence-electron chi connectivity index (χ2n) is 13.2. The van der Waals surface area contributed by atoms with Gasteiger partial charge in [-0.3, -0.25) is 14.5 Å². The Labute approximate surface area is 340 Å². The first kappa shape index (κ1) is 40.7. The summed E-state index contributed by atoms with van der Waals surface area (Å²) in [4.78, 5) is 51.4. The molecule has 2 atom stereocenters. The molecule has 7 rings (SSSR count). The summed E-state index contributed by atoms with van der Waals surface area (Å²) in [6, 6.07) is 35.2. The maximum Gasteiger partial charge on any atom is 0.534 e. The summed E-state index contributed by atoms with van der Waals surface area (Å²) >= 11 is 1.19. The Balaban J connectivity index is 1.15. The van der Waals surface area contributed by atoms with Crippen molar-refractivity contribution in [3.8, 4) is 0 Å². The van der Waals surface area contributed by atoms with E-state index in [2.05, 4.69) is 20.0 Å². The molecule has 2 N–H and O–H groups in total. The average Bonchev–Trinajstić information content (AvgIpc) is 3.71. The maximum atomic E-state index is 13.9. The van der Waals surface area contributed by atoms with Crippen molar-refractivity contribution in [2.24, 2.45) is 5.16 Å². The van der Waals surface area contributed by atoms with Crippen LogP contribution in [-0.2, 0) is 50.4 Å². The van der Waals surface area contributed by atoms with Crippen LogP contribution >= 0.6 is 11.3 Å². The Bertz CT molecular complexity index is 2410. The number of esters is 1. The van der Waals surface area contributed by atoms with Gasteiger partial charge in [0, 0.05) is 11.8 Å². The number of anilines is 1. The third kappa shape index (κ3) is 8.13. The molecule has 2 amide bonds. The van der Waals surface area contributed by atoms with Gasteiger partial charge in [-0.25, -0.2) is 9.78 Å². The molecular weight excluding hydrogens is 812 g/mol. The first-order valence-electron chi connectivity index (χ1n) is 17.9. The number of carbonyl (C=O) groups is 3. The van der Waals surface area contributed by atoms with Crippen LogP contribution in [0.2, 0.25) is 0 Å². The first-order chi connectivity index (χ1) is 28.3. The minimum Gasteiger partial charge on any atom is -0.456 e. The number of hydrogen-bond donors (Lipinski definition) is 2. The zero-order valence-corrected chi connectivity index (χ0v) is 32.6. The molecule has 0 unspecified atom stereocenters. The lowest BCUT2D eigenvalue weighted by Crippen LogP contribution is -2.72. The number of fused-ring (bicyclic) bond motifs is 1. The number of carbonyl (C=O) groups excluding carboxylic acids is 3. The van der Waals surface area contributed by atoms with Crippen LogP contribution in [0.25, 0.3) is 0 Å². The van der Waals surface area contributed by atoms with E-state index in [-0.39, 0.29) is 24.4 Å². The zero-order valence-electron chi connectivity index (χ0n) is 31.0. The van der Waals surface area contributed by atoms with Crippen molar-refractivity contribution in [3.63, 3.8) is 0 Å². The molecule has 0 radical (unpaired) electrons. The first-order valence-corrected chi connectivity index (χ1v) is 20.2. The predicted octanol–water partition coefficient (Wildman–Crippen LogP) is 6.21. The molecule has 18 heteroatoms. The van der Waals surface area contributed by atoms with Gasteiger partial charge in [-0.2, -0.15) is 21.6 Å². The van der Waals surface area contributed by atoms with Crippen LogP contribution in [0.3, 0.4) is 0 Å². The van der Waals surface area contributed by atoms with Gasteiger partial charge < -0.3 is 24.4 Å². The van der Waals surface area contributed by atoms with Gasteiger partial charge in [0.05, 0.1) is 6.04 Å². The molecule has 1 saturated heterocycles. The smallest absolute Gasteiger partial charge is 0.456 e. The predicted molar refractivity (Wildman–Crippen MR) is 210 cm³/mol. The number of benzene rings is 4. The van der Waals surface area contributed by atoms with Crippen molar-refractivity contribution < 1.29 is 49.7 Å². The number of alkyl halides is 3. The van der Waals surface area contributed by atoms with Gasteiger partial charge in [-0.15, -0.1) is 11.3 Å². The van der Waals surface area contributed by atoms with Gasteiger partial charge in [0.15, 0.2) is 22.3 Å². The van der Waals surface area contributed by atoms with Crippen LogP contribution in [0.4, 0.5) is 18.3 Å². The number of ether oxygens (including phenoxy) is 1. The number of halogens is 3. The van der Waals surface area contributed by atoms with Crippen LogP contribution in [0, 0.1) is 0 Å². The van der Waals surface area contributed by atoms with E-state index in [4.69, 9.17) is 14.6 Å². The monoisotopic (exact) mass is 845 g/mol. The van der Waals surface area contributed by atoms with E-state index in [9.17, 15) is 36.0 Å². The minimum atomic E-state index is -6.22. The minimum absolute atomic E-state index is 0.0883. The summed E-state index contributed by atoms with van der Waals surface area (Å²) < 4.78 is 73.7. The molecule has 13 nitrogen and oxygen atoms in total. The summed E-state index contributed by atoms with van der Waals surface area (Å²) in [5.74, 6) is -4.04. The fourth-order valence-electron chi connectivity index (χ4n) is 6.96. The normalized spacial score (nSPS) is 17.1. The Morgan fingerprint density at radius 3 is 1.95 bits per heavy atom. The Morgan fingerprint density at radius 1 is 0.881 bits per heavy atom. The van der Waals surface area contributed by atoms with Crippen LogP contribution in [0.5, 0.6) is 0 Å². The van der Waals surface area contributed by atoms with E-state index in [1.807, 2.05) is 91.0 Å². The van der Waals surface area contributed by atoms with E-state index < -0.39 is 68.9 Å². The summed E-state index contributed by atoms with van der Waals surface area (Å²) in [6.07, 6.45) is -0.699. The lowest BCUT2D eigenvalue weighted by atomic mass is 9.77. The van der Waals surface area contributed by atoms with Crippen molar-refractivity contribution in [1.82, 2.24) is 15.2 Å². The standard InChI is InChI=1S/C41H34F3N5O8S2/c1-55-48-33(30-25-58-39(45-30)47-40(27-16-8-3-9-17-27,28-18-10-4-11-19-28)29-20-12-5-13-21-29)36(50)46-34-31-22-23-32(57-59(53,54)41(42,43)44)35(49(31)37(34)51)38(52)56-24-26-14-6-2-7-15-26/h2-21,25,31,34H,22-24H2,1H3,(H,45,47)(H,46,50)/t31-,34-/m0/s1. The Hall–Kier alpha value is -6.53. The summed E-state index contributed by atoms with van der Waals surface area (Å²) in [5.41, 5.74) is -4.58. The van der Waals surface area contributed by atoms with Crippen LogP contribution in [0.15, 0.2) is 143 Å². The van der Waals surface area contributed by atoms with Gasteiger partial charge in [-0.1, -0.05) is 126 Å². The molecule has 2 aliphatic rings. The van der Waals surface area contributed by atoms with E-state index in [1.54, 1.807) is 35.7 Å². The Kier molecular flexibility index (Phi) is 11.5. The highest BCUT2D eigenvalue weighted by atomic mass is 32.2. The quantitative estimate of drug-likeness (QED) is 0.0250. The third-order valence-electron chi connectivity index (χ3n) is 9.64. The molecule has 59 heavy (non-hydrogen) atoms. The number of rotatable bonds is 14. The van der Waals surface area contributed by atoms with Crippen molar-refractivity contribution in [1.29, 1.82) is 0 Å². The van der Waals surface area contributed by atoms with Crippen LogP contribution in [0.1, 0.15) is 40.8 Å². The van der Waals surface area contributed by atoms with Gasteiger partial charge in [0.2, 0.25) is 0 Å². The number of aromatic nitrogens is 1. The molecule has 0 aliphatic carbocycles. The molecule has 5 aromatic rings. The number of thiazole rings is 1. The van der Waals surface area contributed by atoms with Gasteiger partial charge in [-0.05, 0) is 28.7 Å². The number of oxime groups is 1. The molecular formula is C41H34F3N5O8S2. The zero-order chi connectivity index (χ0) is 41.8. The Morgan fingerprint density at radius 2 is 1.42 bits per heavy atom. The van der Waals surface area contributed by atoms with Crippen molar-refractivity contribution >= 4 is 50.1 Å². The second-order valence-corrected chi connectivity index (χ2v) is 15.6. The summed E-state index contributed by atoms with van der Waals surface area (Å²) in [5, 5.41) is 12.1. The summed E-state index contributed by atoms with van der Waals surface area (Å²) in [6.45, 7) is -0.347. The van der Waals surface area contributed by atoms with E-state index in [1.165, 1.54) is 18.4 Å². The van der Waals surface area contributed by atoms with Gasteiger partial charge in [0.1, 0.15) is 31.0 Å². The van der Waals surface area contributed by atoms with Crippen LogP contribution in [-0.4, -0.2) is 66.5 Å². The van der Waals surface area contributed by atoms with E-state index in [0.29, 0.717) is 10.7 Å². The molecule has 0 bridgehead atoms. The lowest BCUT2D eigenvalue weighted by Gasteiger charge is -2.49. The number of amides is 2. The number of hydrogen-bond acceptors (Lipinski definition) is 12. The molecule has 3 heterocycles. The van der Waals surface area contributed by atoms with Crippen molar-refractivity contribution in [2.75, 3.05) is 12.4 Å². The highest BCUT2D eigenvalue weighted by Crippen LogP contribution is 2.42. The summed E-state index contributed by atoms with van der Waals surface area (Å²) in [7, 11) is -5.00. The SMILES string of the molecule is CON=C(C(=O)N[C@@H]1C(=O)N2C(C(=O)OCc3ccccc3)=C(OS(=O)(=O)C(F)(F)F)CC[C@@H]12)c1csc(NC(c2ccccc2)(c2ccccc2)c2ccccc2)n1. The van der Waals surface area contributed by atoms with Gasteiger partial charge in [0.25, 0.3) is 11.8 Å². The topological polar surface area (TPSA) is 166 Å². The molecule has 0 spiro atoms. The highest BCUT2D eigenvalue weighted by Gasteiger charge is 2.57. The molecule has 0 saturated carbocycles. The maximum absolute atomic E-state index is 13.9. The average molecular weight is 846 g/mol. The number of β-lactam (4-membered cyclic amide) rings is 1. The molecule has 4 aromatic carbocycles. The van der Waals surface area contributed by atoms with Gasteiger partial charge >= 0.3 is 21.6 Å². The fraction of sp³-hybridized carbons (Fsp3) is 0.195. The highest BCUT2D eigenvalue weighted by molar-refractivity contribution is 7.87. The number of allylic oxidation sites excluding steroid dienone is 1.